The van der Waals surface area contributed by atoms with Gasteiger partial charge in [-0.15, -0.1) is 11.3 Å². The Hall–Kier alpha value is -2.66. The van der Waals surface area contributed by atoms with Gasteiger partial charge in [0.1, 0.15) is 5.00 Å². The summed E-state index contributed by atoms with van der Waals surface area (Å²) in [4.78, 5) is 51.6. The topological polar surface area (TPSA) is 130 Å². The third kappa shape index (κ3) is 4.06. The predicted octanol–water partition coefficient (Wildman–Crippen LogP) is 2.49. The van der Waals surface area contributed by atoms with Crippen molar-refractivity contribution in [3.63, 3.8) is 0 Å². The van der Waals surface area contributed by atoms with Gasteiger partial charge in [-0.2, -0.15) is 0 Å². The Kier molecular flexibility index (Phi) is 5.67. The lowest BCUT2D eigenvalue weighted by Gasteiger charge is -2.12. The van der Waals surface area contributed by atoms with Crippen molar-refractivity contribution in [1.82, 2.24) is 19.9 Å². The van der Waals surface area contributed by atoms with Crippen LogP contribution in [0.4, 0.5) is 5.00 Å². The van der Waals surface area contributed by atoms with Crippen LogP contribution < -0.4 is 10.9 Å². The van der Waals surface area contributed by atoms with Gasteiger partial charge < -0.3 is 15.0 Å². The van der Waals surface area contributed by atoms with E-state index in [4.69, 9.17) is 4.74 Å². The van der Waals surface area contributed by atoms with Gasteiger partial charge in [0.2, 0.25) is 5.91 Å². The number of hydrogen-bond donors (Lipinski definition) is 3. The number of rotatable bonds is 6. The van der Waals surface area contributed by atoms with Gasteiger partial charge in [-0.05, 0) is 38.2 Å². The van der Waals surface area contributed by atoms with Crippen molar-refractivity contribution >= 4 is 51.1 Å². The Morgan fingerprint density at radius 3 is 3.00 bits per heavy atom. The zero-order valence-electron chi connectivity index (χ0n) is 15.7. The molecule has 29 heavy (non-hydrogen) atoms. The molecule has 0 saturated carbocycles. The summed E-state index contributed by atoms with van der Waals surface area (Å²) in [7, 11) is 0. The average Bonchev–Trinajstić information content (AvgIpc) is 3.31. The second kappa shape index (κ2) is 8.37. The number of H-pyrrole nitrogens is 2. The number of anilines is 1. The number of aromatic nitrogens is 4. The highest BCUT2D eigenvalue weighted by atomic mass is 32.2. The van der Waals surface area contributed by atoms with Crippen molar-refractivity contribution in [3.05, 3.63) is 32.7 Å². The van der Waals surface area contributed by atoms with Gasteiger partial charge in [0.05, 0.1) is 24.3 Å². The number of thiophene rings is 1. The zero-order valence-corrected chi connectivity index (χ0v) is 17.3. The van der Waals surface area contributed by atoms with E-state index in [1.807, 2.05) is 0 Å². The third-order valence-electron chi connectivity index (χ3n) is 4.52. The van der Waals surface area contributed by atoms with E-state index < -0.39 is 5.97 Å². The number of carbonyl (C=O) groups is 2. The molecule has 0 aliphatic heterocycles. The Labute approximate surface area is 173 Å². The molecule has 1 aliphatic rings. The van der Waals surface area contributed by atoms with E-state index in [0.717, 1.165) is 47.9 Å². The maximum atomic E-state index is 12.5. The fraction of sp³-hybridized carbons (Fsp3) is 0.389. The summed E-state index contributed by atoms with van der Waals surface area (Å²) in [6.07, 6.45) is 5.22. The number of aromatic amines is 2. The molecule has 0 fully saturated rings. The number of hydrogen-bond acceptors (Lipinski definition) is 8. The number of thioether (sulfide) groups is 1. The van der Waals surface area contributed by atoms with Crippen LogP contribution in [0.2, 0.25) is 0 Å². The summed E-state index contributed by atoms with van der Waals surface area (Å²) in [6, 6.07) is 0. The largest absolute Gasteiger partial charge is 0.462 e. The first-order valence-corrected chi connectivity index (χ1v) is 11.0. The number of esters is 1. The number of nitrogens with one attached hydrogen (secondary N) is 3. The number of ether oxygens (including phenoxy) is 1. The van der Waals surface area contributed by atoms with Gasteiger partial charge >= 0.3 is 5.97 Å². The quantitative estimate of drug-likeness (QED) is 0.309. The van der Waals surface area contributed by atoms with Crippen LogP contribution in [0.15, 0.2) is 16.3 Å². The van der Waals surface area contributed by atoms with E-state index in [9.17, 15) is 14.4 Å². The van der Waals surface area contributed by atoms with Crippen molar-refractivity contribution in [3.8, 4) is 0 Å². The standard InChI is InChI=1S/C18H19N5O4S2/c1-2-27-17(26)12-9-5-3-4-6-10(9)29-16(12)21-11(24)7-28-18-22-14-13(15(25)23-18)19-8-20-14/h8H,2-7H2,1H3,(H,21,24)(H2,19,20,22,23,25). The molecule has 3 heterocycles. The smallest absolute Gasteiger partial charge is 0.341 e. The number of amides is 1. The molecule has 3 aromatic heterocycles. The molecule has 1 aliphatic carbocycles. The molecule has 0 unspecified atom stereocenters. The summed E-state index contributed by atoms with van der Waals surface area (Å²) >= 11 is 2.54. The molecule has 152 valence electrons. The van der Waals surface area contributed by atoms with Crippen LogP contribution in [-0.2, 0) is 22.4 Å². The molecule has 0 spiro atoms. The SMILES string of the molecule is CCOC(=O)c1c(NC(=O)CSc2nc3nc[nH]c3c(=O)[nH]2)sc2c1CCCC2. The Balaban J connectivity index is 1.49. The zero-order chi connectivity index (χ0) is 20.4. The summed E-state index contributed by atoms with van der Waals surface area (Å²) < 4.78 is 5.20. The summed E-state index contributed by atoms with van der Waals surface area (Å²) in [5.74, 6) is -0.655. The molecule has 3 aromatic rings. The summed E-state index contributed by atoms with van der Waals surface area (Å²) in [5, 5.41) is 3.68. The van der Waals surface area contributed by atoms with E-state index in [2.05, 4.69) is 25.3 Å². The van der Waals surface area contributed by atoms with Gasteiger partial charge in [-0.1, -0.05) is 11.8 Å². The molecule has 9 nitrogen and oxygen atoms in total. The maximum absolute atomic E-state index is 12.5. The van der Waals surface area contributed by atoms with Crippen LogP contribution in [0.1, 0.15) is 40.6 Å². The lowest BCUT2D eigenvalue weighted by atomic mass is 9.95. The summed E-state index contributed by atoms with van der Waals surface area (Å²) in [5.41, 5.74) is 1.73. The highest BCUT2D eigenvalue weighted by Crippen LogP contribution is 2.38. The van der Waals surface area contributed by atoms with Gasteiger partial charge in [0, 0.05) is 4.88 Å². The minimum absolute atomic E-state index is 0.0314. The highest BCUT2D eigenvalue weighted by Gasteiger charge is 2.27. The Bertz CT molecular complexity index is 1130. The molecule has 1 amide bonds. The van der Waals surface area contributed by atoms with Crippen LogP contribution in [0, 0.1) is 0 Å². The number of fused-ring (bicyclic) bond motifs is 2. The second-order valence-electron chi connectivity index (χ2n) is 6.44. The molecule has 11 heteroatoms. The van der Waals surface area contributed by atoms with E-state index in [1.54, 1.807) is 6.92 Å². The van der Waals surface area contributed by atoms with Crippen LogP contribution in [0.5, 0.6) is 0 Å². The van der Waals surface area contributed by atoms with Crippen LogP contribution >= 0.6 is 23.1 Å². The minimum Gasteiger partial charge on any atom is -0.462 e. The molecular formula is C18H19N5O4S2. The van der Waals surface area contributed by atoms with Gasteiger partial charge in [-0.25, -0.2) is 14.8 Å². The van der Waals surface area contributed by atoms with Crippen molar-refractivity contribution in [2.45, 2.75) is 37.8 Å². The van der Waals surface area contributed by atoms with E-state index in [-0.39, 0.29) is 23.8 Å². The fourth-order valence-corrected chi connectivity index (χ4v) is 5.21. The van der Waals surface area contributed by atoms with E-state index >= 15 is 0 Å². The van der Waals surface area contributed by atoms with Crippen molar-refractivity contribution in [2.75, 3.05) is 17.7 Å². The maximum Gasteiger partial charge on any atom is 0.341 e. The van der Waals surface area contributed by atoms with Gasteiger partial charge in [-0.3, -0.25) is 14.6 Å². The molecule has 3 N–H and O–H groups in total. The molecule has 0 atom stereocenters. The van der Waals surface area contributed by atoms with Crippen molar-refractivity contribution < 1.29 is 14.3 Å². The first kappa shape index (κ1) is 19.6. The minimum atomic E-state index is -0.398. The molecule has 0 saturated heterocycles. The normalized spacial score (nSPS) is 13.3. The van der Waals surface area contributed by atoms with Crippen LogP contribution in [0.3, 0.4) is 0 Å². The summed E-state index contributed by atoms with van der Waals surface area (Å²) in [6.45, 7) is 2.04. The Morgan fingerprint density at radius 1 is 1.34 bits per heavy atom. The van der Waals surface area contributed by atoms with E-state index in [1.165, 1.54) is 17.7 Å². The predicted molar refractivity (Wildman–Crippen MR) is 111 cm³/mol. The van der Waals surface area contributed by atoms with Crippen molar-refractivity contribution in [2.24, 2.45) is 0 Å². The third-order valence-corrected chi connectivity index (χ3v) is 6.60. The highest BCUT2D eigenvalue weighted by molar-refractivity contribution is 7.99. The molecule has 0 radical (unpaired) electrons. The van der Waals surface area contributed by atoms with Gasteiger partial charge in [0.15, 0.2) is 16.3 Å². The lowest BCUT2D eigenvalue weighted by Crippen LogP contribution is -2.17. The molecule has 0 bridgehead atoms. The average molecular weight is 434 g/mol. The number of aryl methyl sites for hydroxylation is 1. The van der Waals surface area contributed by atoms with Crippen LogP contribution in [-0.4, -0.2) is 44.2 Å². The fourth-order valence-electron chi connectivity index (χ4n) is 3.26. The number of nitrogens with zero attached hydrogens (tertiary/aromatic N) is 2. The van der Waals surface area contributed by atoms with Gasteiger partial charge in [0.25, 0.3) is 5.56 Å². The van der Waals surface area contributed by atoms with Crippen molar-refractivity contribution in [1.29, 1.82) is 0 Å². The molecule has 0 aromatic carbocycles. The van der Waals surface area contributed by atoms with E-state index in [0.29, 0.717) is 26.9 Å². The first-order valence-electron chi connectivity index (χ1n) is 9.24. The first-order chi connectivity index (χ1) is 14.1. The Morgan fingerprint density at radius 2 is 2.17 bits per heavy atom. The second-order valence-corrected chi connectivity index (χ2v) is 8.51. The molecule has 4 rings (SSSR count). The van der Waals surface area contributed by atoms with Crippen LogP contribution in [0.25, 0.3) is 11.2 Å². The monoisotopic (exact) mass is 433 g/mol. The number of carbonyl (C=O) groups excluding carboxylic acids is 2. The number of imidazole rings is 1. The molecular weight excluding hydrogens is 414 g/mol. The lowest BCUT2D eigenvalue weighted by molar-refractivity contribution is -0.113.